The molecule has 2 heterocycles. The molecule has 0 spiro atoms. The predicted octanol–water partition coefficient (Wildman–Crippen LogP) is 3.44. The van der Waals surface area contributed by atoms with Crippen molar-refractivity contribution in [3.8, 4) is 11.4 Å². The number of nitrogen functional groups attached to an aromatic ring is 1. The molecule has 1 aromatic heterocycles. The van der Waals surface area contributed by atoms with Crippen molar-refractivity contribution in [1.82, 2.24) is 19.8 Å². The van der Waals surface area contributed by atoms with Crippen LogP contribution in [0.1, 0.15) is 32.1 Å². The molecule has 1 aliphatic heterocycles. The molecule has 1 saturated carbocycles. The molecule has 1 aromatic carbocycles. The summed E-state index contributed by atoms with van der Waals surface area (Å²) >= 11 is 7.38. The average Bonchev–Trinajstić information content (AvgIpc) is 3.06. The van der Waals surface area contributed by atoms with Crippen LogP contribution >= 0.6 is 23.4 Å². The maximum absolute atomic E-state index is 12.7. The number of carbonyl (C=O) groups excluding carboxylic acids is 1. The first-order valence-corrected chi connectivity index (χ1v) is 10.8. The van der Waals surface area contributed by atoms with E-state index in [1.165, 1.54) is 42.1 Å². The molecule has 1 amide bonds. The predicted molar refractivity (Wildman–Crippen MR) is 108 cm³/mol. The molecule has 2 atom stereocenters. The first-order valence-electron chi connectivity index (χ1n) is 9.49. The number of likely N-dealkylation sites (tertiary alicyclic amines) is 1. The summed E-state index contributed by atoms with van der Waals surface area (Å²) in [6.07, 6.45) is 6.41. The molecular formula is C19H24ClN5OS. The van der Waals surface area contributed by atoms with E-state index in [0.29, 0.717) is 27.7 Å². The molecule has 2 N–H and O–H groups in total. The van der Waals surface area contributed by atoms with Crippen molar-refractivity contribution < 1.29 is 4.79 Å². The summed E-state index contributed by atoms with van der Waals surface area (Å²) in [5.74, 6) is 8.69. The number of piperidine rings is 1. The van der Waals surface area contributed by atoms with Gasteiger partial charge in [-0.05, 0) is 36.8 Å². The lowest BCUT2D eigenvalue weighted by Crippen LogP contribution is -2.45. The number of aromatic nitrogens is 3. The molecule has 1 saturated heterocycles. The number of fused-ring (bicyclic) bond motifs is 1. The van der Waals surface area contributed by atoms with Gasteiger partial charge in [-0.1, -0.05) is 54.8 Å². The van der Waals surface area contributed by atoms with Crippen LogP contribution in [0.2, 0.25) is 5.02 Å². The van der Waals surface area contributed by atoms with Crippen LogP contribution in [0.25, 0.3) is 11.4 Å². The highest BCUT2D eigenvalue weighted by Crippen LogP contribution is 2.36. The minimum Gasteiger partial charge on any atom is -0.342 e. The lowest BCUT2D eigenvalue weighted by molar-refractivity contribution is -0.131. The van der Waals surface area contributed by atoms with Gasteiger partial charge in [0.05, 0.1) is 5.75 Å². The molecule has 2 aliphatic rings. The van der Waals surface area contributed by atoms with E-state index in [0.717, 1.165) is 31.0 Å². The van der Waals surface area contributed by atoms with Gasteiger partial charge in [0.2, 0.25) is 11.1 Å². The maximum atomic E-state index is 12.7. The highest BCUT2D eigenvalue weighted by molar-refractivity contribution is 7.99. The van der Waals surface area contributed by atoms with E-state index in [4.69, 9.17) is 17.4 Å². The molecule has 8 heteroatoms. The fourth-order valence-electron chi connectivity index (χ4n) is 4.24. The molecule has 1 aliphatic carbocycles. The molecule has 0 bridgehead atoms. The zero-order valence-electron chi connectivity index (χ0n) is 15.2. The van der Waals surface area contributed by atoms with E-state index in [1.54, 1.807) is 12.1 Å². The lowest BCUT2D eigenvalue weighted by atomic mass is 9.75. The lowest BCUT2D eigenvalue weighted by Gasteiger charge is -2.41. The molecular weight excluding hydrogens is 382 g/mol. The van der Waals surface area contributed by atoms with E-state index in [9.17, 15) is 4.79 Å². The second kappa shape index (κ2) is 8.10. The smallest absolute Gasteiger partial charge is 0.233 e. The molecule has 2 fully saturated rings. The number of halogens is 1. The van der Waals surface area contributed by atoms with Gasteiger partial charge in [-0.25, -0.2) is 4.68 Å². The van der Waals surface area contributed by atoms with Crippen LogP contribution in [-0.4, -0.2) is 44.5 Å². The van der Waals surface area contributed by atoms with Gasteiger partial charge in [0.25, 0.3) is 0 Å². The van der Waals surface area contributed by atoms with Gasteiger partial charge in [-0.15, -0.1) is 10.2 Å². The normalized spacial score (nSPS) is 22.5. The largest absolute Gasteiger partial charge is 0.342 e. The van der Waals surface area contributed by atoms with E-state index in [2.05, 4.69) is 10.2 Å². The molecule has 0 unspecified atom stereocenters. The topological polar surface area (TPSA) is 77.0 Å². The fourth-order valence-corrected chi connectivity index (χ4v) is 5.19. The monoisotopic (exact) mass is 405 g/mol. The summed E-state index contributed by atoms with van der Waals surface area (Å²) in [5, 5.41) is 9.45. The molecule has 27 heavy (non-hydrogen) atoms. The molecule has 0 radical (unpaired) electrons. The van der Waals surface area contributed by atoms with Gasteiger partial charge in [0.1, 0.15) is 0 Å². The number of hydrogen-bond acceptors (Lipinski definition) is 5. The van der Waals surface area contributed by atoms with E-state index >= 15 is 0 Å². The van der Waals surface area contributed by atoms with Crippen molar-refractivity contribution in [1.29, 1.82) is 0 Å². The van der Waals surface area contributed by atoms with Crippen LogP contribution < -0.4 is 5.84 Å². The number of benzene rings is 1. The number of rotatable bonds is 4. The van der Waals surface area contributed by atoms with Gasteiger partial charge < -0.3 is 10.7 Å². The highest BCUT2D eigenvalue weighted by atomic mass is 35.5. The first kappa shape index (κ1) is 18.6. The fraction of sp³-hybridized carbons (Fsp3) is 0.526. The zero-order chi connectivity index (χ0) is 18.8. The van der Waals surface area contributed by atoms with Crippen molar-refractivity contribution in [2.75, 3.05) is 24.7 Å². The zero-order valence-corrected chi connectivity index (χ0v) is 16.8. The van der Waals surface area contributed by atoms with Crippen molar-refractivity contribution in [2.45, 2.75) is 37.3 Å². The average molecular weight is 406 g/mol. The first-order chi connectivity index (χ1) is 13.1. The van der Waals surface area contributed by atoms with Gasteiger partial charge in [-0.3, -0.25) is 4.79 Å². The third kappa shape index (κ3) is 4.09. The number of nitrogens with zero attached hydrogens (tertiary/aromatic N) is 4. The molecule has 2 aromatic rings. The summed E-state index contributed by atoms with van der Waals surface area (Å²) < 4.78 is 1.43. The Morgan fingerprint density at radius 3 is 2.85 bits per heavy atom. The van der Waals surface area contributed by atoms with Crippen molar-refractivity contribution in [2.24, 2.45) is 11.8 Å². The molecule has 4 rings (SSSR count). The third-order valence-corrected chi connectivity index (χ3v) is 6.88. The third-order valence-electron chi connectivity index (χ3n) is 5.72. The Morgan fingerprint density at radius 1 is 1.22 bits per heavy atom. The van der Waals surface area contributed by atoms with Gasteiger partial charge in [0.15, 0.2) is 5.82 Å². The van der Waals surface area contributed by atoms with Crippen LogP contribution in [0.4, 0.5) is 0 Å². The van der Waals surface area contributed by atoms with Crippen molar-refractivity contribution in [3.63, 3.8) is 0 Å². The Kier molecular flexibility index (Phi) is 5.59. The van der Waals surface area contributed by atoms with Gasteiger partial charge in [0, 0.05) is 23.7 Å². The summed E-state index contributed by atoms with van der Waals surface area (Å²) in [6, 6.07) is 7.32. The number of carbonyl (C=O) groups is 1. The highest BCUT2D eigenvalue weighted by Gasteiger charge is 2.32. The summed E-state index contributed by atoms with van der Waals surface area (Å²) in [6.45, 7) is 1.79. The van der Waals surface area contributed by atoms with Crippen LogP contribution in [0.5, 0.6) is 0 Å². The Hall–Kier alpha value is -1.73. The number of hydrogen-bond donors (Lipinski definition) is 1. The van der Waals surface area contributed by atoms with Gasteiger partial charge in [-0.2, -0.15) is 0 Å². The van der Waals surface area contributed by atoms with Gasteiger partial charge >= 0.3 is 0 Å². The Balaban J connectivity index is 1.37. The van der Waals surface area contributed by atoms with Crippen molar-refractivity contribution >= 4 is 29.3 Å². The SMILES string of the molecule is Nn1c(SCC(=O)N2CC[C@H]3CCCC[C@@H]3C2)nnc1-c1cccc(Cl)c1. The minimum absolute atomic E-state index is 0.163. The van der Waals surface area contributed by atoms with Crippen LogP contribution in [0.15, 0.2) is 29.4 Å². The van der Waals surface area contributed by atoms with E-state index in [1.807, 2.05) is 17.0 Å². The van der Waals surface area contributed by atoms with Crippen LogP contribution in [0, 0.1) is 11.8 Å². The molecule has 6 nitrogen and oxygen atoms in total. The van der Waals surface area contributed by atoms with Crippen LogP contribution in [0.3, 0.4) is 0 Å². The Morgan fingerprint density at radius 2 is 2.04 bits per heavy atom. The second-order valence-corrected chi connectivity index (χ2v) is 8.79. The second-order valence-electron chi connectivity index (χ2n) is 7.41. The Labute approximate surface area is 168 Å². The molecule has 144 valence electrons. The summed E-state index contributed by atoms with van der Waals surface area (Å²) in [7, 11) is 0. The minimum atomic E-state index is 0.163. The number of amides is 1. The summed E-state index contributed by atoms with van der Waals surface area (Å²) in [5.41, 5.74) is 0.801. The summed E-state index contributed by atoms with van der Waals surface area (Å²) in [4.78, 5) is 14.7. The standard InChI is InChI=1S/C19H24ClN5OS/c20-16-7-3-6-14(10-16)18-22-23-19(25(18)21)27-12-17(26)24-9-8-13-4-1-2-5-15(13)11-24/h3,6-7,10,13,15H,1-2,4-5,8-9,11-12,21H2/t13-,15-/m1/s1. The van der Waals surface area contributed by atoms with E-state index in [-0.39, 0.29) is 5.91 Å². The quantitative estimate of drug-likeness (QED) is 0.622. The number of nitrogens with two attached hydrogens (primary N) is 1. The van der Waals surface area contributed by atoms with Crippen molar-refractivity contribution in [3.05, 3.63) is 29.3 Å². The maximum Gasteiger partial charge on any atom is 0.233 e. The van der Waals surface area contributed by atoms with Crippen LogP contribution in [-0.2, 0) is 4.79 Å². The number of thioether (sulfide) groups is 1. The Bertz CT molecular complexity index is 826. The van der Waals surface area contributed by atoms with E-state index < -0.39 is 0 Å².